The number of ether oxygens (including phenoxy) is 1. The molecule has 0 saturated heterocycles. The van der Waals surface area contributed by atoms with Crippen LogP contribution >= 0.6 is 0 Å². The van der Waals surface area contributed by atoms with Gasteiger partial charge >= 0.3 is 0 Å². The molecule has 3 aromatic rings. The molecule has 0 aliphatic rings. The number of nitrogens with zero attached hydrogens (tertiary/aromatic N) is 3. The molecule has 0 radical (unpaired) electrons. The third kappa shape index (κ3) is 4.85. The summed E-state index contributed by atoms with van der Waals surface area (Å²) in [5, 5.41) is 9.95. The molecule has 1 aromatic carbocycles. The van der Waals surface area contributed by atoms with E-state index < -0.39 is 0 Å². The minimum absolute atomic E-state index is 0.0406. The summed E-state index contributed by atoms with van der Waals surface area (Å²) in [6, 6.07) is 12.5. The van der Waals surface area contributed by atoms with E-state index in [4.69, 9.17) is 4.74 Å². The summed E-state index contributed by atoms with van der Waals surface area (Å²) in [6.07, 6.45) is 3.23. The second-order valence-corrected chi connectivity index (χ2v) is 6.71. The van der Waals surface area contributed by atoms with Gasteiger partial charge in [0.1, 0.15) is 6.61 Å². The van der Waals surface area contributed by atoms with E-state index in [2.05, 4.69) is 20.7 Å². The number of hydrogen-bond donors (Lipinski definition) is 2. The Morgan fingerprint density at radius 1 is 1.10 bits per heavy atom. The van der Waals surface area contributed by atoms with Gasteiger partial charge < -0.3 is 15.4 Å². The van der Waals surface area contributed by atoms with Crippen LogP contribution in [0.25, 0.3) is 5.82 Å². The summed E-state index contributed by atoms with van der Waals surface area (Å²) < 4.78 is 6.49. The summed E-state index contributed by atoms with van der Waals surface area (Å²) in [4.78, 5) is 28.9. The van der Waals surface area contributed by atoms with Gasteiger partial charge in [-0.15, -0.1) is 0 Å². The van der Waals surface area contributed by atoms with E-state index in [0.717, 1.165) is 5.69 Å². The molecule has 2 amide bonds. The molecule has 0 aliphatic carbocycles. The number of anilines is 2. The number of carbonyl (C=O) groups excluding carboxylic acids is 2. The minimum atomic E-state index is -0.281. The molecule has 8 heteroatoms. The average Bonchev–Trinajstić information content (AvgIpc) is 3.15. The van der Waals surface area contributed by atoms with Crippen molar-refractivity contribution in [1.29, 1.82) is 0 Å². The molecule has 3 rings (SSSR count). The molecule has 0 bridgehead atoms. The Hall–Kier alpha value is -3.52. The third-order valence-electron chi connectivity index (χ3n) is 4.14. The number of pyridine rings is 1. The lowest BCUT2D eigenvalue weighted by molar-refractivity contribution is -0.119. The predicted molar refractivity (Wildman–Crippen MR) is 110 cm³/mol. The quantitative estimate of drug-likeness (QED) is 0.642. The van der Waals surface area contributed by atoms with Crippen LogP contribution in [0.3, 0.4) is 0 Å². The van der Waals surface area contributed by atoms with Crippen LogP contribution in [0.15, 0.2) is 54.9 Å². The maximum Gasteiger partial charge on any atom is 0.259 e. The zero-order chi connectivity index (χ0) is 20.8. The fourth-order valence-corrected chi connectivity index (χ4v) is 2.95. The Bertz CT molecular complexity index is 999. The van der Waals surface area contributed by atoms with Crippen molar-refractivity contribution in [2.75, 3.05) is 24.4 Å². The SMILES string of the molecule is COCC(=O)Nc1cccc(NC(=O)c2cnn(-c3ccccn3)c2C(C)C)c1. The van der Waals surface area contributed by atoms with Crippen molar-refractivity contribution in [2.24, 2.45) is 0 Å². The summed E-state index contributed by atoms with van der Waals surface area (Å²) in [6.45, 7) is 3.96. The molecule has 0 fully saturated rings. The average molecular weight is 393 g/mol. The molecule has 8 nitrogen and oxygen atoms in total. The Kier molecular flexibility index (Phi) is 6.36. The molecular weight excluding hydrogens is 370 g/mol. The first-order valence-electron chi connectivity index (χ1n) is 9.19. The van der Waals surface area contributed by atoms with Crippen LogP contribution < -0.4 is 10.6 Å². The number of aromatic nitrogens is 3. The van der Waals surface area contributed by atoms with Crippen molar-refractivity contribution >= 4 is 23.2 Å². The van der Waals surface area contributed by atoms with Gasteiger partial charge in [-0.2, -0.15) is 5.10 Å². The van der Waals surface area contributed by atoms with Gasteiger partial charge in [0.05, 0.1) is 17.5 Å². The van der Waals surface area contributed by atoms with Gasteiger partial charge in [-0.3, -0.25) is 9.59 Å². The summed E-state index contributed by atoms with van der Waals surface area (Å²) in [7, 11) is 1.45. The fourth-order valence-electron chi connectivity index (χ4n) is 2.95. The van der Waals surface area contributed by atoms with Gasteiger partial charge in [0.15, 0.2) is 5.82 Å². The standard InChI is InChI=1S/C21H23N5O3/c1-14(2)20-17(12-23-26(20)18-9-4-5-10-22-18)21(28)25-16-8-6-7-15(11-16)24-19(27)13-29-3/h4-12,14H,13H2,1-3H3,(H,24,27)(H,25,28). The molecular formula is C21H23N5O3. The van der Waals surface area contributed by atoms with Gasteiger partial charge in [0, 0.05) is 24.7 Å². The van der Waals surface area contributed by atoms with Gasteiger partial charge in [0.2, 0.25) is 5.91 Å². The molecule has 2 aromatic heterocycles. The molecule has 0 spiro atoms. The van der Waals surface area contributed by atoms with Crippen LogP contribution in [0.2, 0.25) is 0 Å². The Balaban J connectivity index is 1.83. The van der Waals surface area contributed by atoms with E-state index in [1.807, 2.05) is 32.0 Å². The molecule has 0 atom stereocenters. The number of rotatable bonds is 7. The van der Waals surface area contributed by atoms with E-state index in [1.165, 1.54) is 7.11 Å². The topological polar surface area (TPSA) is 98.1 Å². The van der Waals surface area contributed by atoms with Gasteiger partial charge in [-0.1, -0.05) is 26.0 Å². The fraction of sp³-hybridized carbons (Fsp3) is 0.238. The van der Waals surface area contributed by atoms with Gasteiger partial charge in [-0.25, -0.2) is 9.67 Å². The number of nitrogens with one attached hydrogen (secondary N) is 2. The maximum absolute atomic E-state index is 12.9. The van der Waals surface area contributed by atoms with Crippen LogP contribution in [0.4, 0.5) is 11.4 Å². The largest absolute Gasteiger partial charge is 0.375 e. The number of hydrogen-bond acceptors (Lipinski definition) is 5. The van der Waals surface area contributed by atoms with Crippen LogP contribution in [0, 0.1) is 0 Å². The third-order valence-corrected chi connectivity index (χ3v) is 4.14. The monoisotopic (exact) mass is 393 g/mol. The van der Waals surface area contributed by atoms with Crippen LogP contribution in [-0.2, 0) is 9.53 Å². The Labute approximate surface area is 168 Å². The minimum Gasteiger partial charge on any atom is -0.375 e. The first kappa shape index (κ1) is 20.2. The zero-order valence-electron chi connectivity index (χ0n) is 16.5. The Morgan fingerprint density at radius 3 is 2.52 bits per heavy atom. The van der Waals surface area contributed by atoms with E-state index in [0.29, 0.717) is 22.8 Å². The first-order chi connectivity index (χ1) is 14.0. The van der Waals surface area contributed by atoms with E-state index >= 15 is 0 Å². The highest BCUT2D eigenvalue weighted by Crippen LogP contribution is 2.24. The summed E-state index contributed by atoms with van der Waals surface area (Å²) >= 11 is 0. The summed E-state index contributed by atoms with van der Waals surface area (Å²) in [5.74, 6) is 0.156. The zero-order valence-corrected chi connectivity index (χ0v) is 16.5. The highest BCUT2D eigenvalue weighted by Gasteiger charge is 2.21. The number of methoxy groups -OCH3 is 1. The van der Waals surface area contributed by atoms with E-state index in [9.17, 15) is 9.59 Å². The molecule has 29 heavy (non-hydrogen) atoms. The smallest absolute Gasteiger partial charge is 0.259 e. The van der Waals surface area contributed by atoms with Crippen LogP contribution in [-0.4, -0.2) is 40.3 Å². The predicted octanol–water partition coefficient (Wildman–Crippen LogP) is 3.23. The second kappa shape index (κ2) is 9.11. The normalized spacial score (nSPS) is 10.8. The molecule has 0 aliphatic heterocycles. The van der Waals surface area contributed by atoms with E-state index in [-0.39, 0.29) is 24.3 Å². The van der Waals surface area contributed by atoms with E-state index in [1.54, 1.807) is 41.3 Å². The van der Waals surface area contributed by atoms with Crippen LogP contribution in [0.1, 0.15) is 35.8 Å². The van der Waals surface area contributed by atoms with Crippen molar-refractivity contribution < 1.29 is 14.3 Å². The number of amides is 2. The van der Waals surface area contributed by atoms with Crippen LogP contribution in [0.5, 0.6) is 0 Å². The molecule has 150 valence electrons. The number of carbonyl (C=O) groups is 2. The molecule has 2 N–H and O–H groups in total. The summed E-state index contributed by atoms with van der Waals surface area (Å²) in [5.41, 5.74) is 2.37. The molecule has 0 saturated carbocycles. The Morgan fingerprint density at radius 2 is 1.86 bits per heavy atom. The maximum atomic E-state index is 12.9. The highest BCUT2D eigenvalue weighted by atomic mass is 16.5. The first-order valence-corrected chi connectivity index (χ1v) is 9.19. The van der Waals surface area contributed by atoms with Crippen molar-refractivity contribution in [3.8, 4) is 5.82 Å². The van der Waals surface area contributed by atoms with Crippen molar-refractivity contribution in [3.05, 3.63) is 66.1 Å². The second-order valence-electron chi connectivity index (χ2n) is 6.71. The highest BCUT2D eigenvalue weighted by molar-refractivity contribution is 6.05. The van der Waals surface area contributed by atoms with Gasteiger partial charge in [0.25, 0.3) is 5.91 Å². The lowest BCUT2D eigenvalue weighted by Crippen LogP contribution is -2.18. The van der Waals surface area contributed by atoms with Crippen molar-refractivity contribution in [3.63, 3.8) is 0 Å². The number of benzene rings is 1. The lowest BCUT2D eigenvalue weighted by atomic mass is 10.1. The molecule has 2 heterocycles. The molecule has 0 unspecified atom stereocenters. The van der Waals surface area contributed by atoms with Crippen molar-refractivity contribution in [2.45, 2.75) is 19.8 Å². The van der Waals surface area contributed by atoms with Crippen molar-refractivity contribution in [1.82, 2.24) is 14.8 Å². The lowest BCUT2D eigenvalue weighted by Gasteiger charge is -2.13. The van der Waals surface area contributed by atoms with Gasteiger partial charge in [-0.05, 0) is 36.2 Å².